The maximum Gasteiger partial charge on any atom is 0.421 e. The van der Waals surface area contributed by atoms with E-state index in [1.165, 1.54) is 6.92 Å². The normalized spacial score (nSPS) is 9.76. The molecular weight excluding hydrogens is 288 g/mol. The van der Waals surface area contributed by atoms with Crippen molar-refractivity contribution in [2.24, 2.45) is 0 Å². The third kappa shape index (κ3) is 3.00. The first-order chi connectivity index (χ1) is 9.68. The number of carbonyl (C=O) groups is 4. The summed E-state index contributed by atoms with van der Waals surface area (Å²) < 4.78 is 0. The van der Waals surface area contributed by atoms with Crippen molar-refractivity contribution in [1.29, 1.82) is 0 Å². The predicted octanol–water partition coefficient (Wildman–Crippen LogP) is 2.32. The molecule has 112 valence electrons. The first-order valence-corrected chi connectivity index (χ1v) is 5.30. The largest absolute Gasteiger partial charge is 0.464 e. The lowest BCUT2D eigenvalue weighted by molar-refractivity contribution is 0.182. The molecule has 4 amide bonds. The summed E-state index contributed by atoms with van der Waals surface area (Å²) in [6.45, 7) is 1.21. The molecule has 1 aromatic carbocycles. The zero-order valence-corrected chi connectivity index (χ0v) is 10.5. The summed E-state index contributed by atoms with van der Waals surface area (Å²) in [6.07, 6.45) is -7.22. The van der Waals surface area contributed by atoms with Gasteiger partial charge in [0.2, 0.25) is 0 Å². The molecule has 0 spiro atoms. The van der Waals surface area contributed by atoms with Crippen molar-refractivity contribution in [2.45, 2.75) is 6.92 Å². The number of hydrogen-bond acceptors (Lipinski definition) is 4. The lowest BCUT2D eigenvalue weighted by Gasteiger charge is -2.21. The van der Waals surface area contributed by atoms with E-state index in [1.807, 2.05) is 0 Å². The second-order valence-corrected chi connectivity index (χ2v) is 3.72. The summed E-state index contributed by atoms with van der Waals surface area (Å²) in [4.78, 5) is 43.7. The van der Waals surface area contributed by atoms with Crippen molar-refractivity contribution in [2.75, 3.05) is 9.80 Å². The summed E-state index contributed by atoms with van der Waals surface area (Å²) in [5.74, 6) is 0. The lowest BCUT2D eigenvalue weighted by atomic mass is 10.1. The number of imide groups is 2. The van der Waals surface area contributed by atoms with Crippen molar-refractivity contribution < 1.29 is 39.6 Å². The minimum Gasteiger partial charge on any atom is -0.464 e. The van der Waals surface area contributed by atoms with E-state index in [1.54, 1.807) is 0 Å². The number of benzene rings is 1. The van der Waals surface area contributed by atoms with Gasteiger partial charge >= 0.3 is 24.4 Å². The topological polar surface area (TPSA) is 156 Å². The van der Waals surface area contributed by atoms with Gasteiger partial charge in [-0.25, -0.2) is 19.2 Å². The van der Waals surface area contributed by atoms with Crippen LogP contribution in [0.15, 0.2) is 18.2 Å². The third-order valence-corrected chi connectivity index (χ3v) is 2.52. The van der Waals surface area contributed by atoms with Crippen molar-refractivity contribution in [1.82, 2.24) is 0 Å². The van der Waals surface area contributed by atoms with Gasteiger partial charge in [0.25, 0.3) is 0 Å². The van der Waals surface area contributed by atoms with Crippen LogP contribution in [0.2, 0.25) is 0 Å². The highest BCUT2D eigenvalue weighted by Gasteiger charge is 2.29. The standard InChI is InChI=1S/C11H10N2O8/c1-5-6(12(8(14)15)9(16)17)3-2-4-7(5)13(10(18)19)11(20)21/h2-4H,1H3,(H,14,15)(H,16,17)(H,18,19)(H,20,21). The van der Waals surface area contributed by atoms with Crippen LogP contribution < -0.4 is 9.80 Å². The Bertz CT molecular complexity index is 548. The van der Waals surface area contributed by atoms with Crippen LogP contribution in [0, 0.1) is 6.92 Å². The first kappa shape index (κ1) is 15.8. The summed E-state index contributed by atoms with van der Waals surface area (Å²) in [5.41, 5.74) is -0.855. The van der Waals surface area contributed by atoms with Gasteiger partial charge in [-0.15, -0.1) is 0 Å². The summed E-state index contributed by atoms with van der Waals surface area (Å²) in [5, 5.41) is 35.5. The Morgan fingerprint density at radius 3 is 1.29 bits per heavy atom. The highest BCUT2D eigenvalue weighted by molar-refractivity contribution is 6.12. The number of rotatable bonds is 2. The number of nitrogens with zero attached hydrogens (tertiary/aromatic N) is 2. The molecule has 0 aliphatic rings. The molecule has 10 nitrogen and oxygen atoms in total. The molecule has 0 aromatic heterocycles. The monoisotopic (exact) mass is 298 g/mol. The van der Waals surface area contributed by atoms with Gasteiger partial charge in [-0.05, 0) is 24.6 Å². The lowest BCUT2D eigenvalue weighted by Crippen LogP contribution is -2.37. The third-order valence-electron chi connectivity index (χ3n) is 2.52. The molecule has 0 fully saturated rings. The number of carboxylic acid groups (broad SMARTS) is 4. The smallest absolute Gasteiger partial charge is 0.421 e. The number of amides is 4. The number of hydrogen-bond donors (Lipinski definition) is 4. The van der Waals surface area contributed by atoms with Crippen LogP contribution in [0.4, 0.5) is 30.6 Å². The van der Waals surface area contributed by atoms with Crippen molar-refractivity contribution in [3.8, 4) is 0 Å². The van der Waals surface area contributed by atoms with E-state index in [4.69, 9.17) is 20.4 Å². The van der Waals surface area contributed by atoms with E-state index in [9.17, 15) is 19.2 Å². The molecular formula is C11H10N2O8. The van der Waals surface area contributed by atoms with Crippen LogP contribution in [0.25, 0.3) is 0 Å². The zero-order valence-electron chi connectivity index (χ0n) is 10.5. The van der Waals surface area contributed by atoms with Gasteiger partial charge in [-0.2, -0.15) is 9.80 Å². The first-order valence-electron chi connectivity index (χ1n) is 5.30. The Morgan fingerprint density at radius 2 is 1.05 bits per heavy atom. The highest BCUT2D eigenvalue weighted by atomic mass is 16.4. The van der Waals surface area contributed by atoms with E-state index >= 15 is 0 Å². The quantitative estimate of drug-likeness (QED) is 0.648. The molecule has 0 unspecified atom stereocenters. The Labute approximate surface area is 117 Å². The fourth-order valence-corrected chi connectivity index (χ4v) is 1.67. The predicted molar refractivity (Wildman–Crippen MR) is 68.2 cm³/mol. The molecule has 0 saturated heterocycles. The van der Waals surface area contributed by atoms with Gasteiger partial charge < -0.3 is 20.4 Å². The van der Waals surface area contributed by atoms with Gasteiger partial charge in [0.05, 0.1) is 11.4 Å². The van der Waals surface area contributed by atoms with Gasteiger partial charge in [-0.3, -0.25) is 0 Å². The Morgan fingerprint density at radius 1 is 0.762 bits per heavy atom. The maximum atomic E-state index is 10.9. The molecule has 0 bridgehead atoms. The van der Waals surface area contributed by atoms with Gasteiger partial charge in [0, 0.05) is 0 Å². The minimum absolute atomic E-state index is 0.0410. The fraction of sp³-hybridized carbons (Fsp3) is 0.0909. The van der Waals surface area contributed by atoms with E-state index in [-0.39, 0.29) is 26.7 Å². The maximum absolute atomic E-state index is 10.9. The SMILES string of the molecule is Cc1c(N(C(=O)O)C(=O)O)cccc1N(C(=O)O)C(=O)O. The Kier molecular flexibility index (Phi) is 4.33. The average molecular weight is 298 g/mol. The van der Waals surface area contributed by atoms with Crippen LogP contribution in [0.5, 0.6) is 0 Å². The molecule has 0 atom stereocenters. The summed E-state index contributed by atoms with van der Waals surface area (Å²) >= 11 is 0. The van der Waals surface area contributed by atoms with Crippen LogP contribution in [-0.4, -0.2) is 44.8 Å². The second-order valence-electron chi connectivity index (χ2n) is 3.72. The molecule has 21 heavy (non-hydrogen) atoms. The fourth-order valence-electron chi connectivity index (χ4n) is 1.67. The molecule has 1 rings (SSSR count). The molecule has 0 aliphatic carbocycles. The van der Waals surface area contributed by atoms with Gasteiger partial charge in [0.15, 0.2) is 0 Å². The molecule has 10 heteroatoms. The highest BCUT2D eigenvalue weighted by Crippen LogP contribution is 2.30. The second kappa shape index (κ2) is 5.77. The molecule has 4 N–H and O–H groups in total. The van der Waals surface area contributed by atoms with Gasteiger partial charge in [-0.1, -0.05) is 6.07 Å². The summed E-state index contributed by atoms with van der Waals surface area (Å²) in [7, 11) is 0. The Balaban J connectivity index is 3.51. The minimum atomic E-state index is -1.81. The average Bonchev–Trinajstić information content (AvgIpc) is 2.32. The molecule has 1 aromatic rings. The molecule has 0 saturated carbocycles. The van der Waals surface area contributed by atoms with Crippen LogP contribution in [0.1, 0.15) is 5.56 Å². The molecule has 0 aliphatic heterocycles. The van der Waals surface area contributed by atoms with Crippen molar-refractivity contribution >= 4 is 35.7 Å². The van der Waals surface area contributed by atoms with E-state index in [2.05, 4.69) is 0 Å². The van der Waals surface area contributed by atoms with E-state index < -0.39 is 24.4 Å². The zero-order chi connectivity index (χ0) is 16.3. The van der Waals surface area contributed by atoms with Crippen LogP contribution >= 0.6 is 0 Å². The van der Waals surface area contributed by atoms with E-state index in [0.29, 0.717) is 0 Å². The van der Waals surface area contributed by atoms with Crippen LogP contribution in [-0.2, 0) is 0 Å². The van der Waals surface area contributed by atoms with Crippen LogP contribution in [0.3, 0.4) is 0 Å². The number of anilines is 2. The van der Waals surface area contributed by atoms with Crippen molar-refractivity contribution in [3.05, 3.63) is 23.8 Å². The molecule has 0 heterocycles. The summed E-state index contributed by atoms with van der Waals surface area (Å²) in [6, 6.07) is 3.38. The van der Waals surface area contributed by atoms with Crippen molar-refractivity contribution in [3.63, 3.8) is 0 Å². The Hall–Kier alpha value is -3.30. The van der Waals surface area contributed by atoms with Gasteiger partial charge in [0.1, 0.15) is 0 Å². The van der Waals surface area contributed by atoms with E-state index in [0.717, 1.165) is 18.2 Å². The molecule has 0 radical (unpaired) electrons.